The molecule has 0 spiro atoms. The lowest BCUT2D eigenvalue weighted by Gasteiger charge is -2.25. The molecule has 4 aromatic carbocycles. The molecule has 1 saturated heterocycles. The van der Waals surface area contributed by atoms with Crippen molar-refractivity contribution in [2.24, 2.45) is 0 Å². The minimum Gasteiger partial charge on any atom is -0.507 e. The van der Waals surface area contributed by atoms with Gasteiger partial charge in [-0.05, 0) is 53.8 Å². The van der Waals surface area contributed by atoms with Gasteiger partial charge in [-0.15, -0.1) is 0 Å². The molecule has 6 nitrogen and oxygen atoms in total. The first-order chi connectivity index (χ1) is 20.0. The molecule has 0 aliphatic carbocycles. The summed E-state index contributed by atoms with van der Waals surface area (Å²) in [7, 11) is 0. The molecule has 1 atom stereocenters. The molecule has 1 fully saturated rings. The molecule has 6 heteroatoms. The number of Topliss-reactive ketones (excluding diaryl/α,β-unsaturated/α-hetero) is 1. The van der Waals surface area contributed by atoms with Crippen LogP contribution in [-0.2, 0) is 22.6 Å². The van der Waals surface area contributed by atoms with Crippen LogP contribution in [0.15, 0.2) is 115 Å². The zero-order chi connectivity index (χ0) is 28.6. The molecule has 5 rings (SSSR count). The second-order valence-electron chi connectivity index (χ2n) is 9.95. The van der Waals surface area contributed by atoms with E-state index in [-0.39, 0.29) is 11.3 Å². The van der Waals surface area contributed by atoms with Crippen molar-refractivity contribution in [2.45, 2.75) is 32.4 Å². The van der Waals surface area contributed by atoms with E-state index in [2.05, 4.69) is 0 Å². The lowest BCUT2D eigenvalue weighted by atomic mass is 9.95. The largest absolute Gasteiger partial charge is 0.507 e. The topological polar surface area (TPSA) is 76.1 Å². The van der Waals surface area contributed by atoms with Gasteiger partial charge in [0.2, 0.25) is 0 Å². The van der Waals surface area contributed by atoms with E-state index in [1.165, 1.54) is 0 Å². The number of likely N-dealkylation sites (tertiary alicyclic amines) is 1. The standard InChI is InChI=1S/C35H33NO5/c1-2-22-40-30-15-9-14-28(23-30)33(37)31-32(36(35(39)34(31)38)21-20-25-10-5-3-6-11-25)27-16-18-29(19-17-27)41-24-26-12-7-4-8-13-26/h3-19,23,32,37H,2,20-22,24H2,1H3. The molecule has 0 radical (unpaired) electrons. The van der Waals surface area contributed by atoms with Gasteiger partial charge in [0.25, 0.3) is 11.7 Å². The van der Waals surface area contributed by atoms with E-state index in [9.17, 15) is 14.7 Å². The van der Waals surface area contributed by atoms with Gasteiger partial charge in [-0.25, -0.2) is 0 Å². The summed E-state index contributed by atoms with van der Waals surface area (Å²) in [5, 5.41) is 11.5. The summed E-state index contributed by atoms with van der Waals surface area (Å²) in [6.07, 6.45) is 1.41. The van der Waals surface area contributed by atoms with Crippen molar-refractivity contribution in [2.75, 3.05) is 13.2 Å². The van der Waals surface area contributed by atoms with Crippen LogP contribution in [0.1, 0.15) is 41.6 Å². The van der Waals surface area contributed by atoms with Gasteiger partial charge >= 0.3 is 0 Å². The van der Waals surface area contributed by atoms with Crippen molar-refractivity contribution in [3.05, 3.63) is 137 Å². The first kappa shape index (κ1) is 27.7. The fraction of sp³-hybridized carbons (Fsp3) is 0.200. The normalized spacial score (nSPS) is 16.1. The predicted molar refractivity (Wildman–Crippen MR) is 159 cm³/mol. The zero-order valence-electron chi connectivity index (χ0n) is 23.0. The summed E-state index contributed by atoms with van der Waals surface area (Å²) in [4.78, 5) is 28.4. The van der Waals surface area contributed by atoms with Gasteiger partial charge in [0.1, 0.15) is 23.9 Å². The molecule has 208 valence electrons. The van der Waals surface area contributed by atoms with Gasteiger partial charge < -0.3 is 19.5 Å². The fourth-order valence-corrected chi connectivity index (χ4v) is 4.95. The summed E-state index contributed by atoms with van der Waals surface area (Å²) in [6, 6.07) is 33.3. The Bertz CT molecular complexity index is 1510. The van der Waals surface area contributed by atoms with Gasteiger partial charge in [0, 0.05) is 12.1 Å². The summed E-state index contributed by atoms with van der Waals surface area (Å²) in [5.41, 5.74) is 3.31. The Hall–Kier alpha value is -4.84. The van der Waals surface area contributed by atoms with Crippen LogP contribution in [0.2, 0.25) is 0 Å². The van der Waals surface area contributed by atoms with Crippen LogP contribution in [0.5, 0.6) is 11.5 Å². The monoisotopic (exact) mass is 547 g/mol. The number of benzene rings is 4. The maximum Gasteiger partial charge on any atom is 0.295 e. The van der Waals surface area contributed by atoms with E-state index in [1.54, 1.807) is 29.2 Å². The maximum atomic E-state index is 13.4. The number of rotatable bonds is 11. The third kappa shape index (κ3) is 6.49. The molecule has 0 bridgehead atoms. The van der Waals surface area contributed by atoms with E-state index >= 15 is 0 Å². The Labute approximate surface area is 240 Å². The third-order valence-electron chi connectivity index (χ3n) is 7.05. The average molecular weight is 548 g/mol. The highest BCUT2D eigenvalue weighted by molar-refractivity contribution is 6.46. The van der Waals surface area contributed by atoms with Crippen molar-refractivity contribution in [3.8, 4) is 11.5 Å². The van der Waals surface area contributed by atoms with Crippen LogP contribution in [0.3, 0.4) is 0 Å². The molecule has 1 unspecified atom stereocenters. The fourth-order valence-electron chi connectivity index (χ4n) is 4.95. The van der Waals surface area contributed by atoms with Gasteiger partial charge in [0.15, 0.2) is 0 Å². The van der Waals surface area contributed by atoms with Crippen LogP contribution in [-0.4, -0.2) is 34.8 Å². The highest BCUT2D eigenvalue weighted by Gasteiger charge is 2.45. The van der Waals surface area contributed by atoms with E-state index in [1.807, 2.05) is 91.9 Å². The van der Waals surface area contributed by atoms with E-state index < -0.39 is 17.7 Å². The minimum atomic E-state index is -0.748. The summed E-state index contributed by atoms with van der Waals surface area (Å²) in [6.45, 7) is 3.29. The Morgan fingerprint density at radius 3 is 2.15 bits per heavy atom. The maximum absolute atomic E-state index is 13.4. The summed E-state index contributed by atoms with van der Waals surface area (Å²) >= 11 is 0. The SMILES string of the molecule is CCCOc1cccc(C(O)=C2C(=O)C(=O)N(CCc3ccccc3)C2c2ccc(OCc3ccccc3)cc2)c1. The second-order valence-corrected chi connectivity index (χ2v) is 9.95. The number of carbonyl (C=O) groups is 2. The van der Waals surface area contributed by atoms with Crippen LogP contribution in [0.25, 0.3) is 5.76 Å². The number of ketones is 1. The Balaban J connectivity index is 1.48. The predicted octanol–water partition coefficient (Wildman–Crippen LogP) is 6.72. The number of aliphatic hydroxyl groups is 1. The minimum absolute atomic E-state index is 0.0636. The molecule has 41 heavy (non-hydrogen) atoms. The van der Waals surface area contributed by atoms with Crippen molar-refractivity contribution >= 4 is 17.4 Å². The number of hydrogen-bond donors (Lipinski definition) is 1. The molecule has 1 heterocycles. The van der Waals surface area contributed by atoms with E-state index in [0.29, 0.717) is 48.8 Å². The Kier molecular flexibility index (Phi) is 8.79. The second kappa shape index (κ2) is 13.0. The van der Waals surface area contributed by atoms with Gasteiger partial charge in [-0.1, -0.05) is 91.9 Å². The lowest BCUT2D eigenvalue weighted by Crippen LogP contribution is -2.31. The average Bonchev–Trinajstić information content (AvgIpc) is 3.28. The summed E-state index contributed by atoms with van der Waals surface area (Å²) in [5.74, 6) is -0.299. The molecular formula is C35H33NO5. The number of aliphatic hydroxyl groups excluding tert-OH is 1. The van der Waals surface area contributed by atoms with Crippen molar-refractivity contribution in [1.82, 2.24) is 4.90 Å². The highest BCUT2D eigenvalue weighted by Crippen LogP contribution is 2.40. The summed E-state index contributed by atoms with van der Waals surface area (Å²) < 4.78 is 11.7. The van der Waals surface area contributed by atoms with Crippen molar-refractivity contribution in [3.63, 3.8) is 0 Å². The van der Waals surface area contributed by atoms with E-state index in [0.717, 1.165) is 17.5 Å². The number of carbonyl (C=O) groups excluding carboxylic acids is 2. The lowest BCUT2D eigenvalue weighted by molar-refractivity contribution is -0.139. The number of nitrogens with zero attached hydrogens (tertiary/aromatic N) is 1. The molecule has 4 aromatic rings. The first-order valence-electron chi connectivity index (χ1n) is 13.9. The third-order valence-corrected chi connectivity index (χ3v) is 7.05. The van der Waals surface area contributed by atoms with Crippen molar-refractivity contribution in [1.29, 1.82) is 0 Å². The smallest absolute Gasteiger partial charge is 0.295 e. The number of ether oxygens (including phenoxy) is 2. The van der Waals surface area contributed by atoms with Gasteiger partial charge in [-0.3, -0.25) is 9.59 Å². The van der Waals surface area contributed by atoms with E-state index in [4.69, 9.17) is 9.47 Å². The molecular weight excluding hydrogens is 514 g/mol. The molecule has 1 amide bonds. The molecule has 1 aliphatic heterocycles. The highest BCUT2D eigenvalue weighted by atomic mass is 16.5. The Morgan fingerprint density at radius 2 is 1.46 bits per heavy atom. The zero-order valence-corrected chi connectivity index (χ0v) is 23.0. The first-order valence-corrected chi connectivity index (χ1v) is 13.9. The molecule has 0 saturated carbocycles. The van der Waals surface area contributed by atoms with Crippen LogP contribution < -0.4 is 9.47 Å². The van der Waals surface area contributed by atoms with Crippen molar-refractivity contribution < 1.29 is 24.2 Å². The van der Waals surface area contributed by atoms with Crippen LogP contribution in [0, 0.1) is 0 Å². The molecule has 0 aromatic heterocycles. The van der Waals surface area contributed by atoms with Crippen LogP contribution in [0.4, 0.5) is 0 Å². The van der Waals surface area contributed by atoms with Gasteiger partial charge in [0.05, 0.1) is 18.2 Å². The number of hydrogen-bond acceptors (Lipinski definition) is 5. The van der Waals surface area contributed by atoms with Crippen LogP contribution >= 0.6 is 0 Å². The molecule has 1 N–H and O–H groups in total. The Morgan fingerprint density at radius 1 is 0.780 bits per heavy atom. The molecule has 1 aliphatic rings. The van der Waals surface area contributed by atoms with Gasteiger partial charge in [-0.2, -0.15) is 0 Å². The number of amides is 1. The quantitative estimate of drug-likeness (QED) is 0.128.